The summed E-state index contributed by atoms with van der Waals surface area (Å²) in [5.41, 5.74) is 1.88. The van der Waals surface area contributed by atoms with Crippen molar-refractivity contribution in [3.8, 4) is 11.3 Å². The molecule has 0 spiro atoms. The number of nitrogens with one attached hydrogen (secondary N) is 1. The minimum atomic E-state index is -3.29. The molecule has 1 aliphatic heterocycles. The molecule has 0 bridgehead atoms. The van der Waals surface area contributed by atoms with Crippen molar-refractivity contribution in [3.05, 3.63) is 35.2 Å². The molecular weight excluding hydrogens is 358 g/mol. The highest BCUT2D eigenvalue weighted by molar-refractivity contribution is 7.93. The number of nitrogens with zero attached hydrogens (tertiary/aromatic N) is 2. The predicted molar refractivity (Wildman–Crippen MR) is 99.2 cm³/mol. The maximum absolute atomic E-state index is 12.2. The predicted octanol–water partition coefficient (Wildman–Crippen LogP) is 2.55. The molecule has 0 unspecified atom stereocenters. The summed E-state index contributed by atoms with van der Waals surface area (Å²) in [4.78, 5) is 8.02. The molecule has 6 nitrogen and oxygen atoms in total. The van der Waals surface area contributed by atoms with Gasteiger partial charge >= 0.3 is 0 Å². The third kappa shape index (κ3) is 4.03. The van der Waals surface area contributed by atoms with E-state index in [2.05, 4.69) is 14.6 Å². The number of thiazole rings is 1. The molecule has 2 aromatic rings. The van der Waals surface area contributed by atoms with Crippen LogP contribution in [0.5, 0.6) is 0 Å². The third-order valence-electron chi connectivity index (χ3n) is 4.41. The Kier molecular flexibility index (Phi) is 4.77. The molecule has 2 aliphatic rings. The van der Waals surface area contributed by atoms with Gasteiger partial charge in [-0.15, -0.1) is 0 Å². The van der Waals surface area contributed by atoms with Crippen LogP contribution in [-0.2, 0) is 21.3 Å². The Bertz CT molecular complexity index is 826. The van der Waals surface area contributed by atoms with Crippen LogP contribution in [0.2, 0.25) is 0 Å². The summed E-state index contributed by atoms with van der Waals surface area (Å²) < 4.78 is 32.6. The van der Waals surface area contributed by atoms with Gasteiger partial charge in [-0.1, -0.05) is 41.7 Å². The molecule has 1 N–H and O–H groups in total. The summed E-state index contributed by atoms with van der Waals surface area (Å²) in [5, 5.41) is 0.216. The summed E-state index contributed by atoms with van der Waals surface area (Å²) in [6.45, 7) is 4.00. The molecule has 1 saturated carbocycles. The molecule has 25 heavy (non-hydrogen) atoms. The molecule has 4 rings (SSSR count). The molecule has 1 saturated heterocycles. The molecule has 1 aliphatic carbocycles. The first-order valence-corrected chi connectivity index (χ1v) is 10.8. The van der Waals surface area contributed by atoms with Gasteiger partial charge in [-0.05, 0) is 12.8 Å². The van der Waals surface area contributed by atoms with Crippen LogP contribution in [0, 0.1) is 0 Å². The van der Waals surface area contributed by atoms with Crippen molar-refractivity contribution in [1.82, 2.24) is 9.88 Å². The number of anilines is 1. The van der Waals surface area contributed by atoms with Crippen LogP contribution >= 0.6 is 11.3 Å². The first kappa shape index (κ1) is 17.0. The van der Waals surface area contributed by atoms with Gasteiger partial charge in [0.25, 0.3) is 0 Å². The number of benzene rings is 1. The molecule has 0 radical (unpaired) electrons. The van der Waals surface area contributed by atoms with E-state index in [4.69, 9.17) is 4.74 Å². The lowest BCUT2D eigenvalue weighted by molar-refractivity contribution is 0.0347. The van der Waals surface area contributed by atoms with Crippen LogP contribution < -0.4 is 4.72 Å². The molecule has 2 fully saturated rings. The fraction of sp³-hybridized carbons (Fsp3) is 0.471. The number of ether oxygens (including phenoxy) is 1. The zero-order valence-corrected chi connectivity index (χ0v) is 15.5. The summed E-state index contributed by atoms with van der Waals surface area (Å²) in [5.74, 6) is 0. The topological polar surface area (TPSA) is 71.5 Å². The Labute approximate surface area is 151 Å². The van der Waals surface area contributed by atoms with Crippen LogP contribution in [0.25, 0.3) is 11.3 Å². The second kappa shape index (κ2) is 7.03. The average molecular weight is 380 g/mol. The fourth-order valence-corrected chi connectivity index (χ4v) is 5.48. The van der Waals surface area contributed by atoms with Gasteiger partial charge in [-0.2, -0.15) is 0 Å². The normalized spacial score (nSPS) is 19.0. The highest BCUT2D eigenvalue weighted by Crippen LogP contribution is 2.35. The number of sulfonamides is 1. The minimum Gasteiger partial charge on any atom is -0.379 e. The summed E-state index contributed by atoms with van der Waals surface area (Å²) in [6.07, 6.45) is 1.49. The maximum Gasteiger partial charge on any atom is 0.237 e. The van der Waals surface area contributed by atoms with Gasteiger partial charge in [-0.3, -0.25) is 9.62 Å². The number of hydrogen-bond donors (Lipinski definition) is 1. The summed E-state index contributed by atoms with van der Waals surface area (Å²) >= 11 is 1.44. The lowest BCUT2D eigenvalue weighted by atomic mass is 10.1. The van der Waals surface area contributed by atoms with Gasteiger partial charge in [0, 0.05) is 30.1 Å². The van der Waals surface area contributed by atoms with Crippen LogP contribution in [-0.4, -0.2) is 49.9 Å². The largest absolute Gasteiger partial charge is 0.379 e. The van der Waals surface area contributed by atoms with E-state index in [0.29, 0.717) is 5.13 Å². The summed E-state index contributed by atoms with van der Waals surface area (Å²) in [6, 6.07) is 9.94. The first-order valence-electron chi connectivity index (χ1n) is 8.49. The van der Waals surface area contributed by atoms with Gasteiger partial charge in [0.15, 0.2) is 5.13 Å². The summed E-state index contributed by atoms with van der Waals surface area (Å²) in [7, 11) is -3.29. The van der Waals surface area contributed by atoms with E-state index < -0.39 is 10.0 Å². The van der Waals surface area contributed by atoms with Crippen molar-refractivity contribution in [2.24, 2.45) is 0 Å². The van der Waals surface area contributed by atoms with E-state index in [1.165, 1.54) is 11.3 Å². The molecule has 0 atom stereocenters. The third-order valence-corrected chi connectivity index (χ3v) is 7.32. The molecule has 134 valence electrons. The number of rotatable bonds is 6. The average Bonchev–Trinajstić information content (AvgIpc) is 3.41. The van der Waals surface area contributed by atoms with Crippen molar-refractivity contribution >= 4 is 26.5 Å². The second-order valence-electron chi connectivity index (χ2n) is 6.39. The SMILES string of the molecule is O=S(=O)(Nc1nc(-c2ccccc2)c(CN2CCOCC2)s1)C1CC1. The van der Waals surface area contributed by atoms with Crippen LogP contribution in [0.3, 0.4) is 0 Å². The quantitative estimate of drug-likeness (QED) is 0.835. The fourth-order valence-electron chi connectivity index (χ4n) is 2.87. The standard InChI is InChI=1S/C17H21N3O3S2/c21-25(22,14-6-7-14)19-17-18-16(13-4-2-1-3-5-13)15(24-17)12-20-8-10-23-11-9-20/h1-5,14H,6-12H2,(H,18,19). The highest BCUT2D eigenvalue weighted by Gasteiger charge is 2.36. The first-order chi connectivity index (χ1) is 12.1. The molecule has 2 heterocycles. The molecular formula is C17H21N3O3S2. The number of aromatic nitrogens is 1. The smallest absolute Gasteiger partial charge is 0.237 e. The van der Waals surface area contributed by atoms with Gasteiger partial charge in [0.1, 0.15) is 0 Å². The molecule has 0 amide bonds. The van der Waals surface area contributed by atoms with E-state index >= 15 is 0 Å². The van der Waals surface area contributed by atoms with E-state index in [1.807, 2.05) is 30.3 Å². The van der Waals surface area contributed by atoms with Gasteiger partial charge < -0.3 is 4.74 Å². The van der Waals surface area contributed by atoms with Crippen LogP contribution in [0.1, 0.15) is 17.7 Å². The zero-order chi connectivity index (χ0) is 17.3. The van der Waals surface area contributed by atoms with Gasteiger partial charge in [0.2, 0.25) is 10.0 Å². The van der Waals surface area contributed by atoms with Crippen LogP contribution in [0.4, 0.5) is 5.13 Å². The Morgan fingerprint density at radius 1 is 1.20 bits per heavy atom. The van der Waals surface area contributed by atoms with Crippen LogP contribution in [0.15, 0.2) is 30.3 Å². The molecule has 8 heteroatoms. The highest BCUT2D eigenvalue weighted by atomic mass is 32.2. The van der Waals surface area contributed by atoms with E-state index in [0.717, 1.165) is 61.8 Å². The lowest BCUT2D eigenvalue weighted by Crippen LogP contribution is -2.35. The Morgan fingerprint density at radius 3 is 2.60 bits per heavy atom. The van der Waals surface area contributed by atoms with Crippen molar-refractivity contribution in [1.29, 1.82) is 0 Å². The Balaban J connectivity index is 1.62. The monoisotopic (exact) mass is 379 g/mol. The lowest BCUT2D eigenvalue weighted by Gasteiger charge is -2.26. The number of morpholine rings is 1. The minimum absolute atomic E-state index is 0.251. The second-order valence-corrected chi connectivity index (χ2v) is 9.44. The van der Waals surface area contributed by atoms with Crippen molar-refractivity contribution in [2.45, 2.75) is 24.6 Å². The van der Waals surface area contributed by atoms with Gasteiger partial charge in [0.05, 0.1) is 24.2 Å². The van der Waals surface area contributed by atoms with Crippen molar-refractivity contribution in [3.63, 3.8) is 0 Å². The number of hydrogen-bond acceptors (Lipinski definition) is 6. The van der Waals surface area contributed by atoms with E-state index in [1.54, 1.807) is 0 Å². The van der Waals surface area contributed by atoms with E-state index in [-0.39, 0.29) is 5.25 Å². The Hall–Kier alpha value is -1.48. The van der Waals surface area contributed by atoms with Crippen molar-refractivity contribution < 1.29 is 13.2 Å². The molecule has 1 aromatic carbocycles. The van der Waals surface area contributed by atoms with Gasteiger partial charge in [-0.25, -0.2) is 13.4 Å². The molecule has 1 aromatic heterocycles. The van der Waals surface area contributed by atoms with E-state index in [9.17, 15) is 8.42 Å². The Morgan fingerprint density at radius 2 is 1.92 bits per heavy atom. The van der Waals surface area contributed by atoms with Crippen molar-refractivity contribution in [2.75, 3.05) is 31.0 Å². The zero-order valence-electron chi connectivity index (χ0n) is 13.8. The maximum atomic E-state index is 12.2.